The van der Waals surface area contributed by atoms with Gasteiger partial charge in [0.1, 0.15) is 5.82 Å². The highest BCUT2D eigenvalue weighted by atomic mass is 32.1. The molecule has 84 valence electrons. The maximum absolute atomic E-state index is 13.5. The number of benzene rings is 2. The van der Waals surface area contributed by atoms with E-state index in [0.717, 1.165) is 11.1 Å². The molecule has 0 radical (unpaired) electrons. The molecule has 1 N–H and O–H groups in total. The maximum atomic E-state index is 13.5. The molecule has 0 spiro atoms. The lowest BCUT2D eigenvalue weighted by Gasteiger charge is -2.03. The highest BCUT2D eigenvalue weighted by Crippen LogP contribution is 2.22. The second kappa shape index (κ2) is 6.30. The van der Waals surface area contributed by atoms with Crippen LogP contribution in [-0.4, -0.2) is 4.55 Å². The minimum atomic E-state index is -0.156. The Morgan fingerprint density at radius 2 is 1.62 bits per heavy atom. The maximum Gasteiger partial charge on any atom is 0.131 e. The zero-order valence-electron chi connectivity index (χ0n) is 8.89. The summed E-state index contributed by atoms with van der Waals surface area (Å²) in [4.78, 5) is 0. The average molecular weight is 236 g/mol. The molecule has 0 aliphatic rings. The number of thiol groups is 1. The van der Waals surface area contributed by atoms with Gasteiger partial charge in [0.25, 0.3) is 0 Å². The summed E-state index contributed by atoms with van der Waals surface area (Å²) in [5.74, 6) is -0.156. The summed E-state index contributed by atoms with van der Waals surface area (Å²) in [7, 11) is 0. The van der Waals surface area contributed by atoms with E-state index in [4.69, 9.17) is 4.55 Å². The Bertz CT molecular complexity index is 443. The van der Waals surface area contributed by atoms with E-state index in [-0.39, 0.29) is 5.82 Å². The van der Waals surface area contributed by atoms with Gasteiger partial charge in [-0.2, -0.15) is 0 Å². The van der Waals surface area contributed by atoms with Crippen LogP contribution in [0.1, 0.15) is 5.56 Å². The fraction of sp³-hybridized carbons (Fsp3) is 0.0769. The normalized spacial score (nSPS) is 9.25. The third-order valence-electron chi connectivity index (χ3n) is 2.21. The third kappa shape index (κ3) is 3.08. The minimum Gasteiger partial charge on any atom is -0.333 e. The summed E-state index contributed by atoms with van der Waals surface area (Å²) in [6.45, 7) is 1.89. The van der Waals surface area contributed by atoms with Crippen LogP contribution in [-0.2, 0) is 0 Å². The summed E-state index contributed by atoms with van der Waals surface area (Å²) < 4.78 is 20.2. The molecule has 2 aromatic carbocycles. The van der Waals surface area contributed by atoms with Crippen LogP contribution in [0.3, 0.4) is 0 Å². The van der Waals surface area contributed by atoms with Crippen molar-refractivity contribution in [1.82, 2.24) is 0 Å². The van der Waals surface area contributed by atoms with E-state index in [0.29, 0.717) is 5.56 Å². The molecule has 0 fully saturated rings. The van der Waals surface area contributed by atoms with E-state index in [1.54, 1.807) is 6.07 Å². The molecule has 0 amide bonds. The molecule has 0 heterocycles. The van der Waals surface area contributed by atoms with Gasteiger partial charge in [0, 0.05) is 5.56 Å². The van der Waals surface area contributed by atoms with Gasteiger partial charge in [-0.3, -0.25) is 0 Å². The summed E-state index contributed by atoms with van der Waals surface area (Å²) >= 11 is 2.53. The van der Waals surface area contributed by atoms with Crippen molar-refractivity contribution in [1.29, 1.82) is 0 Å². The van der Waals surface area contributed by atoms with Crippen molar-refractivity contribution < 1.29 is 8.94 Å². The van der Waals surface area contributed by atoms with Crippen LogP contribution in [0.5, 0.6) is 0 Å². The Labute approximate surface area is 100 Å². The van der Waals surface area contributed by atoms with Crippen molar-refractivity contribution >= 4 is 12.9 Å². The number of hydrogen-bond acceptors (Lipinski definition) is 2. The molecule has 0 aromatic heterocycles. The fourth-order valence-corrected chi connectivity index (χ4v) is 1.47. The van der Waals surface area contributed by atoms with Crippen molar-refractivity contribution in [3.8, 4) is 11.1 Å². The number of hydrogen-bond donors (Lipinski definition) is 2. The van der Waals surface area contributed by atoms with Crippen LogP contribution in [0.2, 0.25) is 0 Å². The minimum absolute atomic E-state index is 0.156. The Hall–Kier alpha value is -1.32. The molecule has 0 aliphatic heterocycles. The second-order valence-electron chi connectivity index (χ2n) is 3.35. The quantitative estimate of drug-likeness (QED) is 0.562. The summed E-state index contributed by atoms with van der Waals surface area (Å²) in [6.07, 6.45) is 0. The molecule has 1 nitrogen and oxygen atoms in total. The lowest BCUT2D eigenvalue weighted by molar-refractivity contribution is 0.630. The first-order valence-electron chi connectivity index (χ1n) is 4.79. The smallest absolute Gasteiger partial charge is 0.131 e. The first kappa shape index (κ1) is 12.7. The molecule has 0 atom stereocenters. The molecule has 2 aromatic rings. The molecule has 0 saturated carbocycles. The number of rotatable bonds is 1. The van der Waals surface area contributed by atoms with Crippen LogP contribution in [0.15, 0.2) is 48.5 Å². The lowest BCUT2D eigenvalue weighted by atomic mass is 10.0. The van der Waals surface area contributed by atoms with Crippen LogP contribution >= 0.6 is 12.9 Å². The SMILES string of the molecule is Cc1ccc(-c2ccccc2)c(F)c1.OS. The average Bonchev–Trinajstić information content (AvgIpc) is 2.33. The third-order valence-corrected chi connectivity index (χ3v) is 2.21. The van der Waals surface area contributed by atoms with E-state index in [1.165, 1.54) is 0 Å². The zero-order valence-corrected chi connectivity index (χ0v) is 9.79. The first-order chi connectivity index (χ1) is 7.77. The number of halogens is 1. The molecule has 0 bridgehead atoms. The predicted molar refractivity (Wildman–Crippen MR) is 68.2 cm³/mol. The largest absolute Gasteiger partial charge is 0.333 e. The topological polar surface area (TPSA) is 20.2 Å². The molecule has 0 saturated heterocycles. The highest BCUT2D eigenvalue weighted by molar-refractivity contribution is 7.74. The fourth-order valence-electron chi connectivity index (χ4n) is 1.47. The predicted octanol–water partition coefficient (Wildman–Crippen LogP) is 4.19. The second-order valence-corrected chi connectivity index (χ2v) is 3.35. The van der Waals surface area contributed by atoms with E-state index in [2.05, 4.69) is 12.9 Å². The van der Waals surface area contributed by atoms with Crippen LogP contribution < -0.4 is 0 Å². The Balaban J connectivity index is 0.000000606. The van der Waals surface area contributed by atoms with Gasteiger partial charge < -0.3 is 4.55 Å². The van der Waals surface area contributed by atoms with Gasteiger partial charge in [-0.25, -0.2) is 4.39 Å². The molecular weight excluding hydrogens is 223 g/mol. The standard InChI is InChI=1S/C13H11F.H2OS/c1-10-7-8-12(13(14)9-10)11-5-3-2-4-6-11;1-2/h2-9H,1H3;1-2H. The van der Waals surface area contributed by atoms with Crippen molar-refractivity contribution in [2.75, 3.05) is 0 Å². The molecule has 16 heavy (non-hydrogen) atoms. The molecule has 2 rings (SSSR count). The zero-order chi connectivity index (χ0) is 12.0. The van der Waals surface area contributed by atoms with Crippen molar-refractivity contribution in [3.63, 3.8) is 0 Å². The van der Waals surface area contributed by atoms with E-state index in [9.17, 15) is 4.39 Å². The van der Waals surface area contributed by atoms with Gasteiger partial charge in [0.15, 0.2) is 0 Å². The molecular formula is C13H13FOS. The summed E-state index contributed by atoms with van der Waals surface area (Å²) in [5, 5.41) is 0. The monoisotopic (exact) mass is 236 g/mol. The highest BCUT2D eigenvalue weighted by Gasteiger charge is 2.03. The molecule has 3 heteroatoms. The Morgan fingerprint density at radius 1 is 1.00 bits per heavy atom. The molecule has 0 unspecified atom stereocenters. The van der Waals surface area contributed by atoms with Gasteiger partial charge >= 0.3 is 0 Å². The van der Waals surface area contributed by atoms with Crippen molar-refractivity contribution in [3.05, 3.63) is 59.9 Å². The van der Waals surface area contributed by atoms with Crippen LogP contribution in [0.4, 0.5) is 4.39 Å². The van der Waals surface area contributed by atoms with Gasteiger partial charge in [-0.1, -0.05) is 42.5 Å². The Kier molecular flexibility index (Phi) is 5.02. The van der Waals surface area contributed by atoms with Gasteiger partial charge in [-0.15, -0.1) is 0 Å². The van der Waals surface area contributed by atoms with Crippen LogP contribution in [0, 0.1) is 12.7 Å². The van der Waals surface area contributed by atoms with E-state index < -0.39 is 0 Å². The Morgan fingerprint density at radius 3 is 2.19 bits per heavy atom. The lowest BCUT2D eigenvalue weighted by Crippen LogP contribution is -1.84. The van der Waals surface area contributed by atoms with Gasteiger partial charge in [0.2, 0.25) is 0 Å². The van der Waals surface area contributed by atoms with E-state index >= 15 is 0 Å². The van der Waals surface area contributed by atoms with Crippen molar-refractivity contribution in [2.24, 2.45) is 0 Å². The van der Waals surface area contributed by atoms with Crippen molar-refractivity contribution in [2.45, 2.75) is 6.92 Å². The first-order valence-corrected chi connectivity index (χ1v) is 5.19. The van der Waals surface area contributed by atoms with Gasteiger partial charge in [0.05, 0.1) is 0 Å². The van der Waals surface area contributed by atoms with E-state index in [1.807, 2.05) is 49.4 Å². The summed E-state index contributed by atoms with van der Waals surface area (Å²) in [5.41, 5.74) is 2.53. The number of aryl methyl sites for hydroxylation is 1. The molecule has 0 aliphatic carbocycles. The van der Waals surface area contributed by atoms with Gasteiger partial charge in [-0.05, 0) is 37.0 Å². The van der Waals surface area contributed by atoms with Crippen LogP contribution in [0.25, 0.3) is 11.1 Å². The summed E-state index contributed by atoms with van der Waals surface area (Å²) in [6, 6.07) is 14.9.